The molecule has 1 aromatic rings. The molecule has 0 saturated carbocycles. The summed E-state index contributed by atoms with van der Waals surface area (Å²) in [5, 5.41) is 5.75. The van der Waals surface area contributed by atoms with E-state index in [2.05, 4.69) is 22.8 Å². The maximum absolute atomic E-state index is 12.2. The molecular formula is C17H23N3O2S. The Bertz CT molecular complexity index is 573. The Morgan fingerprint density at radius 1 is 1.17 bits per heavy atom. The zero-order valence-electron chi connectivity index (χ0n) is 13.2. The van der Waals surface area contributed by atoms with Crippen LogP contribution in [0.2, 0.25) is 0 Å². The van der Waals surface area contributed by atoms with E-state index in [1.165, 1.54) is 11.1 Å². The van der Waals surface area contributed by atoms with Gasteiger partial charge in [0.1, 0.15) is 0 Å². The van der Waals surface area contributed by atoms with Crippen molar-refractivity contribution < 1.29 is 9.59 Å². The van der Waals surface area contributed by atoms with Crippen LogP contribution in [-0.4, -0.2) is 47.5 Å². The smallest absolute Gasteiger partial charge is 0.318 e. The van der Waals surface area contributed by atoms with Crippen LogP contribution in [0, 0.1) is 0 Å². The second kappa shape index (κ2) is 7.73. The van der Waals surface area contributed by atoms with Crippen LogP contribution < -0.4 is 10.6 Å². The first-order chi connectivity index (χ1) is 11.2. The topological polar surface area (TPSA) is 61.4 Å². The third-order valence-corrected chi connectivity index (χ3v) is 5.45. The first kappa shape index (κ1) is 16.2. The van der Waals surface area contributed by atoms with Crippen molar-refractivity contribution in [2.24, 2.45) is 0 Å². The van der Waals surface area contributed by atoms with E-state index in [0.29, 0.717) is 13.1 Å². The minimum atomic E-state index is -0.158. The molecule has 1 saturated heterocycles. The minimum absolute atomic E-state index is 0.0562. The van der Waals surface area contributed by atoms with Crippen molar-refractivity contribution in [3.63, 3.8) is 0 Å². The highest BCUT2D eigenvalue weighted by Crippen LogP contribution is 2.18. The summed E-state index contributed by atoms with van der Waals surface area (Å²) < 4.78 is 0. The van der Waals surface area contributed by atoms with Gasteiger partial charge >= 0.3 is 6.03 Å². The van der Waals surface area contributed by atoms with Crippen LogP contribution in [0.1, 0.15) is 24.0 Å². The predicted octanol–water partition coefficient (Wildman–Crippen LogP) is 1.77. The average Bonchev–Trinajstić information content (AvgIpc) is 2.60. The molecule has 0 aliphatic carbocycles. The van der Waals surface area contributed by atoms with Crippen LogP contribution >= 0.6 is 11.8 Å². The van der Waals surface area contributed by atoms with Crippen LogP contribution in [0.3, 0.4) is 0 Å². The van der Waals surface area contributed by atoms with Crippen molar-refractivity contribution in [2.45, 2.75) is 31.8 Å². The van der Waals surface area contributed by atoms with Gasteiger partial charge in [-0.3, -0.25) is 4.79 Å². The number of benzene rings is 1. The zero-order chi connectivity index (χ0) is 16.1. The monoisotopic (exact) mass is 333 g/mol. The molecule has 124 valence electrons. The van der Waals surface area contributed by atoms with E-state index < -0.39 is 0 Å². The summed E-state index contributed by atoms with van der Waals surface area (Å²) in [5.41, 5.74) is 2.50. The molecule has 2 aliphatic rings. The summed E-state index contributed by atoms with van der Waals surface area (Å²) in [5.74, 6) is 2.11. The molecule has 23 heavy (non-hydrogen) atoms. The molecule has 2 heterocycles. The van der Waals surface area contributed by atoms with E-state index in [0.717, 1.165) is 30.8 Å². The summed E-state index contributed by atoms with van der Waals surface area (Å²) in [7, 11) is 0. The Kier molecular flexibility index (Phi) is 5.43. The number of carbonyl (C=O) groups is 2. The second-order valence-electron chi connectivity index (χ2n) is 6.05. The Balaban J connectivity index is 1.43. The van der Waals surface area contributed by atoms with Crippen molar-refractivity contribution in [2.75, 3.05) is 24.6 Å². The van der Waals surface area contributed by atoms with Crippen molar-refractivity contribution in [1.29, 1.82) is 0 Å². The normalized spacial score (nSPS) is 18.2. The lowest BCUT2D eigenvalue weighted by atomic mass is 10.0. The fraction of sp³-hybridized carbons (Fsp3) is 0.529. The molecule has 5 nitrogen and oxygen atoms in total. The summed E-state index contributed by atoms with van der Waals surface area (Å²) in [4.78, 5) is 26.0. The van der Waals surface area contributed by atoms with Gasteiger partial charge in [0, 0.05) is 19.1 Å². The van der Waals surface area contributed by atoms with Gasteiger partial charge in [0.05, 0.1) is 6.54 Å². The lowest BCUT2D eigenvalue weighted by molar-refractivity contribution is -0.120. The number of nitrogens with zero attached hydrogens (tertiary/aromatic N) is 1. The standard InChI is InChI=1S/C17H23N3O2S/c21-16(19-15-6-9-23-10-7-15)11-18-17(22)20-8-5-13-3-1-2-4-14(13)12-20/h1-4,15H,5-12H2,(H,18,22)(H,19,21). The number of fused-ring (bicyclic) bond motifs is 1. The number of carbonyl (C=O) groups excluding carboxylic acids is 2. The molecule has 0 unspecified atom stereocenters. The highest BCUT2D eigenvalue weighted by Gasteiger charge is 2.21. The Labute approximate surface area is 141 Å². The van der Waals surface area contributed by atoms with Crippen molar-refractivity contribution >= 4 is 23.7 Å². The average molecular weight is 333 g/mol. The lowest BCUT2D eigenvalue weighted by Crippen LogP contribution is -2.48. The first-order valence-corrected chi connectivity index (χ1v) is 9.34. The largest absolute Gasteiger partial charge is 0.352 e. The SMILES string of the molecule is O=C(CNC(=O)N1CCc2ccccc2C1)NC1CCSCC1. The molecule has 2 N–H and O–H groups in total. The molecule has 1 fully saturated rings. The van der Waals surface area contributed by atoms with E-state index in [1.807, 2.05) is 23.9 Å². The van der Waals surface area contributed by atoms with Gasteiger partial charge in [0.15, 0.2) is 0 Å². The van der Waals surface area contributed by atoms with Crippen molar-refractivity contribution in [3.05, 3.63) is 35.4 Å². The molecule has 0 spiro atoms. The summed E-state index contributed by atoms with van der Waals surface area (Å²) >= 11 is 1.93. The van der Waals surface area contributed by atoms with Gasteiger partial charge in [-0.05, 0) is 41.9 Å². The van der Waals surface area contributed by atoms with E-state index in [4.69, 9.17) is 0 Å². The van der Waals surface area contributed by atoms with Crippen LogP contribution in [0.15, 0.2) is 24.3 Å². The first-order valence-electron chi connectivity index (χ1n) is 8.19. The molecular weight excluding hydrogens is 310 g/mol. The zero-order valence-corrected chi connectivity index (χ0v) is 14.0. The van der Waals surface area contributed by atoms with Gasteiger partial charge in [-0.1, -0.05) is 24.3 Å². The van der Waals surface area contributed by atoms with E-state index in [9.17, 15) is 9.59 Å². The molecule has 0 radical (unpaired) electrons. The molecule has 2 aliphatic heterocycles. The van der Waals surface area contributed by atoms with Gasteiger partial charge in [-0.15, -0.1) is 0 Å². The van der Waals surface area contributed by atoms with Crippen LogP contribution in [-0.2, 0) is 17.8 Å². The van der Waals surface area contributed by atoms with Crippen LogP contribution in [0.4, 0.5) is 4.79 Å². The molecule has 6 heteroatoms. The van der Waals surface area contributed by atoms with Crippen molar-refractivity contribution in [1.82, 2.24) is 15.5 Å². The highest BCUT2D eigenvalue weighted by molar-refractivity contribution is 7.99. The van der Waals surface area contributed by atoms with E-state index in [1.54, 1.807) is 4.90 Å². The van der Waals surface area contributed by atoms with Gasteiger partial charge in [0.25, 0.3) is 0 Å². The highest BCUT2D eigenvalue weighted by atomic mass is 32.2. The van der Waals surface area contributed by atoms with Gasteiger partial charge < -0.3 is 15.5 Å². The third kappa shape index (κ3) is 4.41. The predicted molar refractivity (Wildman–Crippen MR) is 92.4 cm³/mol. The van der Waals surface area contributed by atoms with Crippen molar-refractivity contribution in [3.8, 4) is 0 Å². The Hall–Kier alpha value is -1.69. The minimum Gasteiger partial charge on any atom is -0.352 e. The molecule has 0 atom stereocenters. The molecule has 3 amide bonds. The maximum atomic E-state index is 12.2. The van der Waals surface area contributed by atoms with Crippen LogP contribution in [0.25, 0.3) is 0 Å². The quantitative estimate of drug-likeness (QED) is 0.886. The number of thioether (sulfide) groups is 1. The fourth-order valence-electron chi connectivity index (χ4n) is 3.06. The fourth-order valence-corrected chi connectivity index (χ4v) is 4.16. The molecule has 0 bridgehead atoms. The Morgan fingerprint density at radius 2 is 1.91 bits per heavy atom. The molecule has 3 rings (SSSR count). The summed E-state index contributed by atoms with van der Waals surface area (Å²) in [6, 6.07) is 8.30. The third-order valence-electron chi connectivity index (χ3n) is 4.40. The van der Waals surface area contributed by atoms with Gasteiger partial charge in [-0.25, -0.2) is 4.79 Å². The maximum Gasteiger partial charge on any atom is 0.318 e. The molecule has 1 aromatic carbocycles. The number of amides is 3. The van der Waals surface area contributed by atoms with Gasteiger partial charge in [0.2, 0.25) is 5.91 Å². The number of hydrogen-bond acceptors (Lipinski definition) is 3. The lowest BCUT2D eigenvalue weighted by Gasteiger charge is -2.29. The van der Waals surface area contributed by atoms with Crippen LogP contribution in [0.5, 0.6) is 0 Å². The van der Waals surface area contributed by atoms with Gasteiger partial charge in [-0.2, -0.15) is 11.8 Å². The Morgan fingerprint density at radius 3 is 2.70 bits per heavy atom. The van der Waals surface area contributed by atoms with E-state index in [-0.39, 0.29) is 24.5 Å². The number of hydrogen-bond donors (Lipinski definition) is 2. The number of rotatable bonds is 3. The van der Waals surface area contributed by atoms with E-state index >= 15 is 0 Å². The number of nitrogens with one attached hydrogen (secondary N) is 2. The number of urea groups is 1. The molecule has 0 aromatic heterocycles. The summed E-state index contributed by atoms with van der Waals surface area (Å²) in [6.07, 6.45) is 2.91. The second-order valence-corrected chi connectivity index (χ2v) is 7.28. The summed E-state index contributed by atoms with van der Waals surface area (Å²) in [6.45, 7) is 1.37.